The standard InChI is InChI=1S/C12H14ClN3/c1-7-5-9-10(6-8(7)2)14-12(13)15-11(9)16(3)4/h5-6H,1-4H3. The van der Waals surface area contributed by atoms with E-state index in [0.717, 1.165) is 16.7 Å². The van der Waals surface area contributed by atoms with Gasteiger partial charge in [0.05, 0.1) is 5.52 Å². The van der Waals surface area contributed by atoms with Crippen LogP contribution in [0.3, 0.4) is 0 Å². The van der Waals surface area contributed by atoms with Gasteiger partial charge in [0.1, 0.15) is 5.82 Å². The van der Waals surface area contributed by atoms with E-state index >= 15 is 0 Å². The molecule has 16 heavy (non-hydrogen) atoms. The number of nitrogens with zero attached hydrogens (tertiary/aromatic N) is 3. The molecule has 0 radical (unpaired) electrons. The van der Waals surface area contributed by atoms with Gasteiger partial charge < -0.3 is 4.90 Å². The first-order valence-corrected chi connectivity index (χ1v) is 5.48. The molecule has 3 nitrogen and oxygen atoms in total. The number of benzene rings is 1. The maximum Gasteiger partial charge on any atom is 0.224 e. The van der Waals surface area contributed by atoms with E-state index in [9.17, 15) is 0 Å². The Morgan fingerprint density at radius 1 is 1.06 bits per heavy atom. The van der Waals surface area contributed by atoms with Gasteiger partial charge in [-0.15, -0.1) is 0 Å². The molecule has 0 fully saturated rings. The minimum atomic E-state index is 0.291. The van der Waals surface area contributed by atoms with Crippen LogP contribution < -0.4 is 4.90 Å². The predicted molar refractivity (Wildman–Crippen MR) is 68.3 cm³/mol. The maximum atomic E-state index is 5.91. The Labute approximate surface area is 100 Å². The first-order chi connectivity index (χ1) is 7.49. The molecular weight excluding hydrogens is 222 g/mol. The summed E-state index contributed by atoms with van der Waals surface area (Å²) in [5.74, 6) is 0.859. The van der Waals surface area contributed by atoms with Crippen LogP contribution in [0.4, 0.5) is 5.82 Å². The van der Waals surface area contributed by atoms with Crippen LogP contribution in [0.5, 0.6) is 0 Å². The Hall–Kier alpha value is -1.35. The second-order valence-electron chi connectivity index (χ2n) is 4.16. The van der Waals surface area contributed by atoms with Gasteiger partial charge in [0, 0.05) is 19.5 Å². The minimum absolute atomic E-state index is 0.291. The topological polar surface area (TPSA) is 29.0 Å². The fraction of sp³-hybridized carbons (Fsp3) is 0.333. The van der Waals surface area contributed by atoms with Gasteiger partial charge >= 0.3 is 0 Å². The van der Waals surface area contributed by atoms with Crippen molar-refractivity contribution in [1.82, 2.24) is 9.97 Å². The fourth-order valence-electron chi connectivity index (χ4n) is 1.69. The van der Waals surface area contributed by atoms with Crippen molar-refractivity contribution in [3.8, 4) is 0 Å². The highest BCUT2D eigenvalue weighted by Crippen LogP contribution is 2.26. The van der Waals surface area contributed by atoms with Gasteiger partial charge in [-0.25, -0.2) is 4.98 Å². The molecule has 0 saturated carbocycles. The molecule has 4 heteroatoms. The van der Waals surface area contributed by atoms with E-state index in [1.165, 1.54) is 11.1 Å². The highest BCUT2D eigenvalue weighted by Gasteiger charge is 2.09. The minimum Gasteiger partial charge on any atom is -0.362 e. The number of hydrogen-bond acceptors (Lipinski definition) is 3. The first kappa shape index (κ1) is 11.1. The Morgan fingerprint density at radius 2 is 1.69 bits per heavy atom. The van der Waals surface area contributed by atoms with Crippen LogP contribution in [0, 0.1) is 13.8 Å². The van der Waals surface area contributed by atoms with Gasteiger partial charge in [-0.3, -0.25) is 0 Å². The summed E-state index contributed by atoms with van der Waals surface area (Å²) < 4.78 is 0. The summed E-state index contributed by atoms with van der Waals surface area (Å²) in [7, 11) is 3.90. The lowest BCUT2D eigenvalue weighted by Crippen LogP contribution is -2.12. The fourth-order valence-corrected chi connectivity index (χ4v) is 1.86. The number of rotatable bonds is 1. The van der Waals surface area contributed by atoms with Gasteiger partial charge in [0.25, 0.3) is 0 Å². The highest BCUT2D eigenvalue weighted by atomic mass is 35.5. The zero-order chi connectivity index (χ0) is 11.9. The summed E-state index contributed by atoms with van der Waals surface area (Å²) in [5.41, 5.74) is 3.35. The Kier molecular flexibility index (Phi) is 2.72. The third-order valence-corrected chi connectivity index (χ3v) is 2.86. The van der Waals surface area contributed by atoms with Crippen LogP contribution in [-0.2, 0) is 0 Å². The van der Waals surface area contributed by atoms with Crippen molar-refractivity contribution in [2.45, 2.75) is 13.8 Å². The zero-order valence-electron chi connectivity index (χ0n) is 9.87. The molecule has 0 unspecified atom stereocenters. The molecule has 2 rings (SSSR count). The summed E-state index contributed by atoms with van der Waals surface area (Å²) in [5, 5.41) is 1.33. The second kappa shape index (κ2) is 3.91. The summed E-state index contributed by atoms with van der Waals surface area (Å²) in [6.07, 6.45) is 0. The van der Waals surface area contributed by atoms with E-state index in [0.29, 0.717) is 5.28 Å². The lowest BCUT2D eigenvalue weighted by Gasteiger charge is -2.15. The van der Waals surface area contributed by atoms with Crippen molar-refractivity contribution in [3.63, 3.8) is 0 Å². The molecule has 0 atom stereocenters. The van der Waals surface area contributed by atoms with Gasteiger partial charge in [-0.05, 0) is 48.7 Å². The summed E-state index contributed by atoms with van der Waals surface area (Å²) in [6, 6.07) is 4.15. The SMILES string of the molecule is Cc1cc2nc(Cl)nc(N(C)C)c2cc1C. The van der Waals surface area contributed by atoms with Gasteiger partial charge in [-0.2, -0.15) is 4.98 Å². The molecule has 0 aliphatic rings. The first-order valence-electron chi connectivity index (χ1n) is 5.11. The number of halogens is 1. The Bertz CT molecular complexity index is 549. The Balaban J connectivity index is 2.85. The number of aromatic nitrogens is 2. The van der Waals surface area contributed by atoms with E-state index in [4.69, 9.17) is 11.6 Å². The molecule has 1 heterocycles. The zero-order valence-corrected chi connectivity index (χ0v) is 10.6. The molecule has 84 valence electrons. The van der Waals surface area contributed by atoms with Crippen molar-refractivity contribution < 1.29 is 0 Å². The lowest BCUT2D eigenvalue weighted by molar-refractivity contribution is 1.06. The molecule has 1 aromatic heterocycles. The smallest absolute Gasteiger partial charge is 0.224 e. The molecule has 0 amide bonds. The highest BCUT2D eigenvalue weighted by molar-refractivity contribution is 6.28. The summed E-state index contributed by atoms with van der Waals surface area (Å²) >= 11 is 5.91. The van der Waals surface area contributed by atoms with E-state index in [1.807, 2.05) is 25.1 Å². The quantitative estimate of drug-likeness (QED) is 0.712. The van der Waals surface area contributed by atoms with Crippen LogP contribution in [0.2, 0.25) is 5.28 Å². The number of anilines is 1. The maximum absolute atomic E-state index is 5.91. The van der Waals surface area contributed by atoms with Crippen molar-refractivity contribution in [3.05, 3.63) is 28.5 Å². The average molecular weight is 236 g/mol. The van der Waals surface area contributed by atoms with Crippen molar-refractivity contribution in [2.24, 2.45) is 0 Å². The van der Waals surface area contributed by atoms with Gasteiger partial charge in [0.2, 0.25) is 5.28 Å². The van der Waals surface area contributed by atoms with Crippen molar-refractivity contribution in [1.29, 1.82) is 0 Å². The van der Waals surface area contributed by atoms with Crippen LogP contribution >= 0.6 is 11.6 Å². The average Bonchev–Trinajstić information content (AvgIpc) is 2.19. The van der Waals surface area contributed by atoms with Crippen LogP contribution in [0.15, 0.2) is 12.1 Å². The molecule has 0 aliphatic carbocycles. The van der Waals surface area contributed by atoms with Crippen LogP contribution in [0.1, 0.15) is 11.1 Å². The second-order valence-corrected chi connectivity index (χ2v) is 4.50. The lowest BCUT2D eigenvalue weighted by atomic mass is 10.1. The molecule has 0 aliphatic heterocycles. The van der Waals surface area contributed by atoms with Crippen LogP contribution in [-0.4, -0.2) is 24.1 Å². The van der Waals surface area contributed by atoms with Crippen LogP contribution in [0.25, 0.3) is 10.9 Å². The summed E-state index contributed by atoms with van der Waals surface area (Å²) in [4.78, 5) is 10.4. The molecule has 0 spiro atoms. The number of hydrogen-bond donors (Lipinski definition) is 0. The van der Waals surface area contributed by atoms with Crippen molar-refractivity contribution in [2.75, 3.05) is 19.0 Å². The molecule has 2 aromatic rings. The normalized spacial score (nSPS) is 10.8. The van der Waals surface area contributed by atoms with E-state index in [1.54, 1.807) is 0 Å². The van der Waals surface area contributed by atoms with E-state index < -0.39 is 0 Å². The third-order valence-electron chi connectivity index (χ3n) is 2.69. The molecule has 0 N–H and O–H groups in total. The van der Waals surface area contributed by atoms with Crippen molar-refractivity contribution >= 4 is 28.3 Å². The largest absolute Gasteiger partial charge is 0.362 e. The number of fused-ring (bicyclic) bond motifs is 1. The van der Waals surface area contributed by atoms with Gasteiger partial charge in [-0.1, -0.05) is 0 Å². The number of aryl methyl sites for hydroxylation is 2. The molecule has 1 aromatic carbocycles. The third kappa shape index (κ3) is 1.83. The van der Waals surface area contributed by atoms with E-state index in [-0.39, 0.29) is 0 Å². The molecule has 0 bridgehead atoms. The summed E-state index contributed by atoms with van der Waals surface area (Å²) in [6.45, 7) is 4.16. The molecular formula is C12H14ClN3. The van der Waals surface area contributed by atoms with E-state index in [2.05, 4.69) is 29.9 Å². The Morgan fingerprint density at radius 3 is 2.31 bits per heavy atom. The molecule has 0 saturated heterocycles. The predicted octanol–water partition coefficient (Wildman–Crippen LogP) is 2.97. The van der Waals surface area contributed by atoms with Gasteiger partial charge in [0.15, 0.2) is 0 Å². The monoisotopic (exact) mass is 235 g/mol.